The molecule has 0 unspecified atom stereocenters. The second-order valence-electron chi connectivity index (χ2n) is 4.71. The number of benzene rings is 2. The van der Waals surface area contributed by atoms with Gasteiger partial charge in [0.2, 0.25) is 0 Å². The van der Waals surface area contributed by atoms with Crippen LogP contribution in [-0.2, 0) is 4.79 Å². The normalized spacial score (nSPS) is 10.4. The third-order valence-electron chi connectivity index (χ3n) is 2.90. The highest BCUT2D eigenvalue weighted by atomic mass is 79.9. The molecule has 0 spiro atoms. The number of rotatable bonds is 4. The van der Waals surface area contributed by atoms with Crippen LogP contribution in [0.3, 0.4) is 0 Å². The largest absolute Gasteiger partial charge is 0.480 e. The van der Waals surface area contributed by atoms with Gasteiger partial charge in [0.25, 0.3) is 0 Å². The van der Waals surface area contributed by atoms with Crippen LogP contribution in [0.4, 0.5) is 0 Å². The van der Waals surface area contributed by atoms with E-state index in [9.17, 15) is 4.79 Å². The van der Waals surface area contributed by atoms with Crippen LogP contribution in [-0.4, -0.2) is 12.6 Å². The first kappa shape index (κ1) is 17.3. The zero-order valence-corrected chi connectivity index (χ0v) is 15.9. The third kappa shape index (κ3) is 4.48. The Morgan fingerprint density at radius 3 is 2.50 bits per heavy atom. The summed E-state index contributed by atoms with van der Waals surface area (Å²) in [5.41, 5.74) is 1.83. The number of esters is 1. The molecule has 2 aromatic rings. The van der Waals surface area contributed by atoms with Crippen molar-refractivity contribution in [1.82, 2.24) is 0 Å². The summed E-state index contributed by atoms with van der Waals surface area (Å²) in [4.78, 5) is 11.9. The van der Waals surface area contributed by atoms with Crippen molar-refractivity contribution in [1.29, 1.82) is 0 Å². The Balaban J connectivity index is 2.00. The molecule has 0 radical (unpaired) electrons. The molecular weight excluding hydrogens is 435 g/mol. The van der Waals surface area contributed by atoms with Gasteiger partial charge in [-0.05, 0) is 65.2 Å². The number of halogens is 3. The molecule has 116 valence electrons. The van der Waals surface area contributed by atoms with E-state index in [1.54, 1.807) is 18.2 Å². The monoisotopic (exact) mass is 446 g/mol. The van der Waals surface area contributed by atoms with Crippen molar-refractivity contribution in [2.75, 3.05) is 6.61 Å². The zero-order valence-electron chi connectivity index (χ0n) is 12.0. The van der Waals surface area contributed by atoms with Crippen LogP contribution in [0.15, 0.2) is 39.3 Å². The summed E-state index contributed by atoms with van der Waals surface area (Å²) in [6, 6.07) is 8.86. The molecule has 0 aliphatic rings. The zero-order chi connectivity index (χ0) is 16.3. The molecule has 0 aliphatic carbocycles. The maximum absolute atomic E-state index is 11.9. The van der Waals surface area contributed by atoms with Gasteiger partial charge >= 0.3 is 5.97 Å². The molecule has 6 heteroatoms. The molecule has 0 heterocycles. The fourth-order valence-corrected chi connectivity index (χ4v) is 3.52. The smallest absolute Gasteiger partial charge is 0.349 e. The molecule has 0 saturated carbocycles. The fraction of sp³-hybridized carbons (Fsp3) is 0.188. The maximum atomic E-state index is 11.9. The minimum absolute atomic E-state index is 0.188. The first-order valence-corrected chi connectivity index (χ1v) is 8.38. The Morgan fingerprint density at radius 2 is 1.86 bits per heavy atom. The predicted octanol–water partition coefficient (Wildman–Crippen LogP) is 5.47. The van der Waals surface area contributed by atoms with Gasteiger partial charge in [-0.2, -0.15) is 0 Å². The Morgan fingerprint density at radius 1 is 1.14 bits per heavy atom. The summed E-state index contributed by atoms with van der Waals surface area (Å²) in [5.74, 6) is 0.520. The molecule has 0 N–H and O–H groups in total. The number of hydrogen-bond donors (Lipinski definition) is 0. The van der Waals surface area contributed by atoms with Crippen LogP contribution in [0, 0.1) is 13.8 Å². The molecule has 0 aliphatic heterocycles. The predicted molar refractivity (Wildman–Crippen MR) is 93.9 cm³/mol. The summed E-state index contributed by atoms with van der Waals surface area (Å²) < 4.78 is 12.4. The molecule has 0 fully saturated rings. The molecule has 0 bridgehead atoms. The van der Waals surface area contributed by atoms with E-state index >= 15 is 0 Å². The van der Waals surface area contributed by atoms with E-state index in [1.807, 2.05) is 26.0 Å². The van der Waals surface area contributed by atoms with E-state index in [0.29, 0.717) is 16.5 Å². The van der Waals surface area contributed by atoms with Crippen LogP contribution in [0.2, 0.25) is 5.02 Å². The lowest BCUT2D eigenvalue weighted by Gasteiger charge is -2.11. The quantitative estimate of drug-likeness (QED) is 0.460. The van der Waals surface area contributed by atoms with Crippen molar-refractivity contribution in [2.24, 2.45) is 0 Å². The molecule has 0 aromatic heterocycles. The summed E-state index contributed by atoms with van der Waals surface area (Å²) in [7, 11) is 0. The van der Waals surface area contributed by atoms with Gasteiger partial charge in [0, 0.05) is 9.50 Å². The van der Waals surface area contributed by atoms with E-state index < -0.39 is 5.97 Å². The molecular formula is C16H13Br2ClO3. The summed E-state index contributed by atoms with van der Waals surface area (Å²) >= 11 is 12.8. The number of ether oxygens (including phenoxy) is 2. The Labute approximate surface area is 150 Å². The van der Waals surface area contributed by atoms with E-state index in [0.717, 1.165) is 20.1 Å². The highest BCUT2D eigenvalue weighted by Crippen LogP contribution is 2.32. The lowest BCUT2D eigenvalue weighted by atomic mass is 10.2. The Bertz CT molecular complexity index is 694. The summed E-state index contributed by atoms with van der Waals surface area (Å²) in [6.07, 6.45) is 0. The molecule has 2 rings (SSSR count). The molecule has 0 saturated heterocycles. The lowest BCUT2D eigenvalue weighted by molar-refractivity contribution is -0.136. The van der Waals surface area contributed by atoms with Crippen LogP contribution in [0.1, 0.15) is 11.1 Å². The first-order valence-electron chi connectivity index (χ1n) is 6.42. The van der Waals surface area contributed by atoms with Gasteiger partial charge in [0.1, 0.15) is 11.5 Å². The second kappa shape index (κ2) is 7.49. The highest BCUT2D eigenvalue weighted by Gasteiger charge is 2.11. The van der Waals surface area contributed by atoms with Gasteiger partial charge in [0.15, 0.2) is 6.61 Å². The van der Waals surface area contributed by atoms with Gasteiger partial charge < -0.3 is 9.47 Å². The van der Waals surface area contributed by atoms with Gasteiger partial charge in [-0.1, -0.05) is 33.6 Å². The van der Waals surface area contributed by atoms with Crippen molar-refractivity contribution >= 4 is 49.4 Å². The van der Waals surface area contributed by atoms with Crippen molar-refractivity contribution < 1.29 is 14.3 Å². The Kier molecular flexibility index (Phi) is 5.89. The maximum Gasteiger partial charge on any atom is 0.349 e. The number of hydrogen-bond acceptors (Lipinski definition) is 3. The second-order valence-corrected chi connectivity index (χ2v) is 6.88. The molecule has 3 nitrogen and oxygen atoms in total. The van der Waals surface area contributed by atoms with E-state index in [1.165, 1.54) is 0 Å². The van der Waals surface area contributed by atoms with E-state index in [-0.39, 0.29) is 6.61 Å². The average Bonchev–Trinajstić information content (AvgIpc) is 2.41. The average molecular weight is 449 g/mol. The van der Waals surface area contributed by atoms with Crippen LogP contribution in [0.5, 0.6) is 11.5 Å². The van der Waals surface area contributed by atoms with Crippen LogP contribution < -0.4 is 9.47 Å². The fourth-order valence-electron chi connectivity index (χ4n) is 1.80. The molecule has 0 amide bonds. The SMILES string of the molecule is Cc1ccc(OC(=O)COc2c(C)cc(Br)cc2Br)cc1Cl. The number of aryl methyl sites for hydroxylation is 2. The van der Waals surface area contributed by atoms with E-state index in [2.05, 4.69) is 31.9 Å². The van der Waals surface area contributed by atoms with Gasteiger partial charge in [-0.3, -0.25) is 0 Å². The van der Waals surface area contributed by atoms with Gasteiger partial charge in [-0.15, -0.1) is 0 Å². The molecule has 2 aromatic carbocycles. The van der Waals surface area contributed by atoms with Crippen molar-refractivity contribution in [3.8, 4) is 11.5 Å². The van der Waals surface area contributed by atoms with Gasteiger partial charge in [-0.25, -0.2) is 4.79 Å². The summed E-state index contributed by atoms with van der Waals surface area (Å²) in [6.45, 7) is 3.59. The standard InChI is InChI=1S/C16H13Br2ClO3/c1-9-3-4-12(7-14(9)19)22-15(20)8-21-16-10(2)5-11(17)6-13(16)18/h3-7H,8H2,1-2H3. The molecule has 0 atom stereocenters. The van der Waals surface area contributed by atoms with Gasteiger partial charge in [0.05, 0.1) is 4.47 Å². The number of carbonyl (C=O) groups is 1. The van der Waals surface area contributed by atoms with Crippen LogP contribution >= 0.6 is 43.5 Å². The molecule has 22 heavy (non-hydrogen) atoms. The van der Waals surface area contributed by atoms with E-state index in [4.69, 9.17) is 21.1 Å². The highest BCUT2D eigenvalue weighted by molar-refractivity contribution is 9.11. The topological polar surface area (TPSA) is 35.5 Å². The minimum Gasteiger partial charge on any atom is -0.480 e. The van der Waals surface area contributed by atoms with Crippen molar-refractivity contribution in [3.63, 3.8) is 0 Å². The minimum atomic E-state index is -0.492. The van der Waals surface area contributed by atoms with Crippen LogP contribution in [0.25, 0.3) is 0 Å². The third-order valence-corrected chi connectivity index (χ3v) is 4.36. The first-order chi connectivity index (χ1) is 10.4. The number of carbonyl (C=O) groups excluding carboxylic acids is 1. The van der Waals surface area contributed by atoms with Crippen molar-refractivity contribution in [2.45, 2.75) is 13.8 Å². The lowest BCUT2D eigenvalue weighted by Crippen LogP contribution is -2.18. The summed E-state index contributed by atoms with van der Waals surface area (Å²) in [5, 5.41) is 0.553. The Hall–Kier alpha value is -1.04. The van der Waals surface area contributed by atoms with Crippen molar-refractivity contribution in [3.05, 3.63) is 55.4 Å².